The standard InChI is InChI=1S/C12H13NO/c1-8(2)11-7-13-12-5-4-9(14-3)6-10(11)12/h4-7H,1-3H3. The average Bonchev–Trinajstić information content (AvgIpc) is 2.59. The maximum Gasteiger partial charge on any atom is 0.119 e. The highest BCUT2D eigenvalue weighted by atomic mass is 16.5. The Labute approximate surface area is 83.9 Å². The average molecular weight is 187 g/mol. The predicted molar refractivity (Wildman–Crippen MR) is 59.4 cm³/mol. The molecule has 72 valence electrons. The van der Waals surface area contributed by atoms with Crippen molar-refractivity contribution in [3.05, 3.63) is 29.3 Å². The SMILES string of the molecule is COc1ccc2c(c1)C(=C(C)C)C=N2. The van der Waals surface area contributed by atoms with E-state index in [1.54, 1.807) is 7.11 Å². The van der Waals surface area contributed by atoms with Crippen molar-refractivity contribution in [2.24, 2.45) is 4.99 Å². The van der Waals surface area contributed by atoms with Gasteiger partial charge in [-0.1, -0.05) is 5.57 Å². The second-order valence-electron chi connectivity index (χ2n) is 3.55. The Morgan fingerprint density at radius 1 is 1.29 bits per heavy atom. The van der Waals surface area contributed by atoms with Gasteiger partial charge in [0.15, 0.2) is 0 Å². The molecule has 0 amide bonds. The highest BCUT2D eigenvalue weighted by Gasteiger charge is 2.13. The normalized spacial score (nSPS) is 12.9. The van der Waals surface area contributed by atoms with Crippen molar-refractivity contribution in [1.29, 1.82) is 0 Å². The van der Waals surface area contributed by atoms with E-state index in [1.807, 2.05) is 24.4 Å². The first kappa shape index (κ1) is 9.00. The number of ether oxygens (including phenoxy) is 1. The molecule has 0 spiro atoms. The lowest BCUT2D eigenvalue weighted by molar-refractivity contribution is 0.415. The van der Waals surface area contributed by atoms with Gasteiger partial charge in [0.05, 0.1) is 12.8 Å². The lowest BCUT2D eigenvalue weighted by atomic mass is 10.0. The van der Waals surface area contributed by atoms with E-state index in [4.69, 9.17) is 4.74 Å². The molecule has 0 bridgehead atoms. The summed E-state index contributed by atoms with van der Waals surface area (Å²) < 4.78 is 5.19. The molecule has 0 saturated carbocycles. The summed E-state index contributed by atoms with van der Waals surface area (Å²) in [5, 5.41) is 0. The summed E-state index contributed by atoms with van der Waals surface area (Å²) >= 11 is 0. The minimum absolute atomic E-state index is 0.882. The molecule has 0 aromatic heterocycles. The number of rotatable bonds is 1. The van der Waals surface area contributed by atoms with Crippen LogP contribution in [0.1, 0.15) is 19.4 Å². The van der Waals surface area contributed by atoms with Crippen LogP contribution in [0.15, 0.2) is 28.8 Å². The third-order valence-electron chi connectivity index (χ3n) is 2.37. The van der Waals surface area contributed by atoms with E-state index < -0.39 is 0 Å². The third kappa shape index (κ3) is 1.33. The van der Waals surface area contributed by atoms with Crippen molar-refractivity contribution in [1.82, 2.24) is 0 Å². The van der Waals surface area contributed by atoms with Gasteiger partial charge >= 0.3 is 0 Å². The molecule has 1 aromatic rings. The lowest BCUT2D eigenvalue weighted by Crippen LogP contribution is -1.86. The largest absolute Gasteiger partial charge is 0.497 e. The number of aliphatic imine (C=N–C) groups is 1. The summed E-state index contributed by atoms with van der Waals surface area (Å²) in [7, 11) is 1.68. The first-order valence-corrected chi connectivity index (χ1v) is 4.62. The fraction of sp³-hybridized carbons (Fsp3) is 0.250. The van der Waals surface area contributed by atoms with Crippen molar-refractivity contribution in [2.75, 3.05) is 7.11 Å². The van der Waals surface area contributed by atoms with Gasteiger partial charge in [-0.2, -0.15) is 0 Å². The van der Waals surface area contributed by atoms with Gasteiger partial charge in [-0.05, 0) is 32.0 Å². The van der Waals surface area contributed by atoms with Crippen LogP contribution in [0.25, 0.3) is 5.57 Å². The van der Waals surface area contributed by atoms with Crippen molar-refractivity contribution in [2.45, 2.75) is 13.8 Å². The van der Waals surface area contributed by atoms with E-state index in [1.165, 1.54) is 16.7 Å². The van der Waals surface area contributed by atoms with E-state index in [0.717, 1.165) is 11.4 Å². The first-order valence-electron chi connectivity index (χ1n) is 4.62. The molecule has 1 heterocycles. The van der Waals surface area contributed by atoms with Crippen LogP contribution < -0.4 is 4.74 Å². The Hall–Kier alpha value is -1.57. The minimum atomic E-state index is 0.882. The van der Waals surface area contributed by atoms with E-state index in [-0.39, 0.29) is 0 Å². The van der Waals surface area contributed by atoms with Gasteiger partial charge < -0.3 is 4.74 Å². The Balaban J connectivity index is 2.57. The zero-order valence-electron chi connectivity index (χ0n) is 8.66. The molecule has 0 N–H and O–H groups in total. The minimum Gasteiger partial charge on any atom is -0.497 e. The number of allylic oxidation sites excluding steroid dienone is 2. The summed E-state index contributed by atoms with van der Waals surface area (Å²) in [6, 6.07) is 5.95. The molecule has 14 heavy (non-hydrogen) atoms. The van der Waals surface area contributed by atoms with Crippen LogP contribution in [0.3, 0.4) is 0 Å². The van der Waals surface area contributed by atoms with E-state index in [0.29, 0.717) is 0 Å². The Kier molecular flexibility index (Phi) is 2.12. The fourth-order valence-corrected chi connectivity index (χ4v) is 1.57. The van der Waals surface area contributed by atoms with Crippen LogP contribution >= 0.6 is 0 Å². The maximum atomic E-state index is 5.19. The molecule has 0 atom stereocenters. The highest BCUT2D eigenvalue weighted by molar-refractivity contribution is 6.17. The van der Waals surface area contributed by atoms with Gasteiger partial charge in [0.2, 0.25) is 0 Å². The number of hydrogen-bond acceptors (Lipinski definition) is 2. The number of nitrogens with zero attached hydrogens (tertiary/aromatic N) is 1. The fourth-order valence-electron chi connectivity index (χ4n) is 1.57. The molecule has 1 aromatic carbocycles. The Morgan fingerprint density at radius 2 is 2.07 bits per heavy atom. The molecular weight excluding hydrogens is 174 g/mol. The van der Waals surface area contributed by atoms with Crippen LogP contribution in [0, 0.1) is 0 Å². The molecule has 0 saturated heterocycles. The smallest absolute Gasteiger partial charge is 0.119 e. The second-order valence-corrected chi connectivity index (χ2v) is 3.55. The molecule has 2 heteroatoms. The molecule has 0 unspecified atom stereocenters. The quantitative estimate of drug-likeness (QED) is 0.661. The third-order valence-corrected chi connectivity index (χ3v) is 2.37. The van der Waals surface area contributed by atoms with Crippen LogP contribution in [0.4, 0.5) is 5.69 Å². The number of methoxy groups -OCH3 is 1. The molecule has 1 aliphatic heterocycles. The molecule has 1 aliphatic rings. The Morgan fingerprint density at radius 3 is 2.71 bits per heavy atom. The van der Waals surface area contributed by atoms with Gasteiger partial charge in [0.1, 0.15) is 5.75 Å². The number of fused-ring (bicyclic) bond motifs is 1. The van der Waals surface area contributed by atoms with Crippen LogP contribution in [0.5, 0.6) is 5.75 Å². The Bertz CT molecular complexity index is 426. The van der Waals surface area contributed by atoms with E-state index >= 15 is 0 Å². The molecule has 2 rings (SSSR count). The summed E-state index contributed by atoms with van der Waals surface area (Å²) in [4.78, 5) is 4.34. The van der Waals surface area contributed by atoms with Crippen molar-refractivity contribution < 1.29 is 4.74 Å². The second kappa shape index (κ2) is 3.29. The zero-order chi connectivity index (χ0) is 10.1. The first-order chi connectivity index (χ1) is 6.72. The van der Waals surface area contributed by atoms with Gasteiger partial charge in [0, 0.05) is 17.4 Å². The van der Waals surface area contributed by atoms with Gasteiger partial charge in [-0.15, -0.1) is 0 Å². The van der Waals surface area contributed by atoms with Crippen LogP contribution in [0.2, 0.25) is 0 Å². The summed E-state index contributed by atoms with van der Waals surface area (Å²) in [6.45, 7) is 4.19. The van der Waals surface area contributed by atoms with E-state index in [2.05, 4.69) is 18.8 Å². The molecule has 2 nitrogen and oxygen atoms in total. The molecule has 0 aliphatic carbocycles. The number of hydrogen-bond donors (Lipinski definition) is 0. The van der Waals surface area contributed by atoms with Crippen LogP contribution in [-0.2, 0) is 0 Å². The summed E-state index contributed by atoms with van der Waals surface area (Å²) in [6.07, 6.45) is 1.92. The summed E-state index contributed by atoms with van der Waals surface area (Å²) in [5.74, 6) is 0.882. The van der Waals surface area contributed by atoms with Crippen molar-refractivity contribution in [3.63, 3.8) is 0 Å². The topological polar surface area (TPSA) is 21.6 Å². The zero-order valence-corrected chi connectivity index (χ0v) is 8.66. The molecule has 0 radical (unpaired) electrons. The van der Waals surface area contributed by atoms with Gasteiger partial charge in [-0.25, -0.2) is 0 Å². The van der Waals surface area contributed by atoms with Gasteiger partial charge in [0.25, 0.3) is 0 Å². The van der Waals surface area contributed by atoms with Crippen molar-refractivity contribution in [3.8, 4) is 5.75 Å². The molecular formula is C12H13NO. The van der Waals surface area contributed by atoms with E-state index in [9.17, 15) is 0 Å². The van der Waals surface area contributed by atoms with Gasteiger partial charge in [-0.3, -0.25) is 4.99 Å². The lowest BCUT2D eigenvalue weighted by Gasteiger charge is -2.04. The predicted octanol–water partition coefficient (Wildman–Crippen LogP) is 3.20. The molecule has 0 fully saturated rings. The maximum absolute atomic E-state index is 5.19. The number of benzene rings is 1. The summed E-state index contributed by atoms with van der Waals surface area (Å²) in [5.41, 5.74) is 4.69. The van der Waals surface area contributed by atoms with Crippen LogP contribution in [-0.4, -0.2) is 13.3 Å². The highest BCUT2D eigenvalue weighted by Crippen LogP contribution is 2.35. The monoisotopic (exact) mass is 187 g/mol. The van der Waals surface area contributed by atoms with Crippen molar-refractivity contribution >= 4 is 17.5 Å².